The van der Waals surface area contributed by atoms with Crippen molar-refractivity contribution >= 4 is 51.8 Å². The summed E-state index contributed by atoms with van der Waals surface area (Å²) in [7, 11) is 0. The van der Waals surface area contributed by atoms with Gasteiger partial charge in [-0.15, -0.1) is 21.5 Å². The highest BCUT2D eigenvalue weighted by Gasteiger charge is 2.19. The van der Waals surface area contributed by atoms with Crippen LogP contribution in [-0.4, -0.2) is 21.2 Å². The van der Waals surface area contributed by atoms with E-state index in [-0.39, 0.29) is 11.0 Å². The minimum atomic E-state index is -0.169. The van der Waals surface area contributed by atoms with Crippen LogP contribution in [0.4, 0.5) is 0 Å². The molecule has 2 aromatic rings. The maximum absolute atomic E-state index is 12.1. The van der Waals surface area contributed by atoms with Gasteiger partial charge in [0.05, 0.1) is 14.5 Å². The van der Waals surface area contributed by atoms with Crippen molar-refractivity contribution < 1.29 is 4.79 Å². The summed E-state index contributed by atoms with van der Waals surface area (Å²) in [6.45, 7) is 3.77. The topological polar surface area (TPSA) is 42.9 Å². The third-order valence-electron chi connectivity index (χ3n) is 1.97. The summed E-state index contributed by atoms with van der Waals surface area (Å²) < 4.78 is 1.46. The molecule has 0 fully saturated rings. The van der Waals surface area contributed by atoms with E-state index in [9.17, 15) is 4.79 Å². The average molecular weight is 305 g/mol. The van der Waals surface area contributed by atoms with E-state index in [1.54, 1.807) is 12.1 Å². The second-order valence-electron chi connectivity index (χ2n) is 3.32. The van der Waals surface area contributed by atoms with E-state index in [0.29, 0.717) is 9.21 Å². The fraction of sp³-hybridized carbons (Fsp3) is 0.300. The number of thiophene rings is 1. The highest BCUT2D eigenvalue weighted by molar-refractivity contribution is 8.02. The molecule has 0 N–H and O–H groups in total. The monoisotopic (exact) mass is 304 g/mol. The molecule has 0 saturated heterocycles. The van der Waals surface area contributed by atoms with Crippen molar-refractivity contribution in [2.45, 2.75) is 23.4 Å². The zero-order valence-corrected chi connectivity index (χ0v) is 12.3. The Morgan fingerprint density at radius 2 is 2.18 bits per heavy atom. The number of nitrogens with zero attached hydrogens (tertiary/aromatic N) is 2. The summed E-state index contributed by atoms with van der Waals surface area (Å²) in [4.78, 5) is 12.7. The molecule has 90 valence electrons. The second kappa shape index (κ2) is 5.48. The molecule has 3 nitrogen and oxygen atoms in total. The zero-order valence-electron chi connectivity index (χ0n) is 9.14. The van der Waals surface area contributed by atoms with Gasteiger partial charge in [-0.3, -0.25) is 4.79 Å². The Kier molecular flexibility index (Phi) is 4.19. The fourth-order valence-electron chi connectivity index (χ4n) is 1.18. The Hall–Kier alpha value is -0.430. The Morgan fingerprint density at radius 3 is 2.71 bits per heavy atom. The molecule has 17 heavy (non-hydrogen) atoms. The quantitative estimate of drug-likeness (QED) is 0.634. The van der Waals surface area contributed by atoms with Gasteiger partial charge in [0.2, 0.25) is 0 Å². The molecule has 0 saturated carbocycles. The summed E-state index contributed by atoms with van der Waals surface area (Å²) in [5.41, 5.74) is 0. The summed E-state index contributed by atoms with van der Waals surface area (Å²) in [6, 6.07) is 3.50. The number of thioether (sulfide) groups is 1. The van der Waals surface area contributed by atoms with Crippen LogP contribution >= 0.6 is 46.0 Å². The van der Waals surface area contributed by atoms with Crippen molar-refractivity contribution in [1.29, 1.82) is 0 Å². The number of hydrogen-bond acceptors (Lipinski definition) is 6. The lowest BCUT2D eigenvalue weighted by atomic mass is 10.2. The number of Topliss-reactive ketones (excluding diaryl/α,β-unsaturated/α-hetero) is 1. The first kappa shape index (κ1) is 13.0. The van der Waals surface area contributed by atoms with Crippen LogP contribution in [0.5, 0.6) is 0 Å². The van der Waals surface area contributed by atoms with Gasteiger partial charge in [0.25, 0.3) is 0 Å². The molecule has 0 radical (unpaired) electrons. The molecule has 0 aliphatic carbocycles. The first-order valence-electron chi connectivity index (χ1n) is 4.82. The third kappa shape index (κ3) is 3.28. The van der Waals surface area contributed by atoms with Gasteiger partial charge >= 0.3 is 0 Å². The number of carbonyl (C=O) groups excluding carboxylic acids is 1. The number of halogens is 1. The molecule has 2 rings (SSSR count). The molecular formula is C10H9ClN2OS3. The second-order valence-corrected chi connectivity index (χ2v) is 7.80. The fourth-order valence-corrected chi connectivity index (χ4v) is 4.35. The van der Waals surface area contributed by atoms with Crippen LogP contribution < -0.4 is 0 Å². The number of aromatic nitrogens is 2. The van der Waals surface area contributed by atoms with Crippen molar-refractivity contribution in [2.75, 3.05) is 0 Å². The predicted octanol–water partition coefficient (Wildman–Crippen LogP) is 3.92. The lowest BCUT2D eigenvalue weighted by Gasteiger charge is -2.05. The molecule has 0 amide bonds. The minimum absolute atomic E-state index is 0.0831. The van der Waals surface area contributed by atoms with Gasteiger partial charge in [0.15, 0.2) is 10.1 Å². The number of rotatable bonds is 4. The van der Waals surface area contributed by atoms with E-state index in [1.807, 2.05) is 13.8 Å². The molecule has 0 spiro atoms. The Bertz CT molecular complexity index is 537. The van der Waals surface area contributed by atoms with Crippen LogP contribution in [0.2, 0.25) is 4.34 Å². The highest BCUT2D eigenvalue weighted by Crippen LogP contribution is 2.30. The van der Waals surface area contributed by atoms with E-state index < -0.39 is 0 Å². The molecule has 0 bridgehead atoms. The molecule has 1 unspecified atom stereocenters. The summed E-state index contributed by atoms with van der Waals surface area (Å²) in [6.07, 6.45) is 0. The molecule has 0 aromatic carbocycles. The molecule has 7 heteroatoms. The normalized spacial score (nSPS) is 12.6. The van der Waals surface area contributed by atoms with Crippen molar-refractivity contribution in [3.63, 3.8) is 0 Å². The SMILES string of the molecule is Cc1nnc(SC(C)C(=O)c2ccc(Cl)s2)s1. The van der Waals surface area contributed by atoms with Gasteiger partial charge in [-0.2, -0.15) is 0 Å². The van der Waals surface area contributed by atoms with Crippen molar-refractivity contribution in [3.8, 4) is 0 Å². The summed E-state index contributed by atoms with van der Waals surface area (Å²) >= 11 is 10.1. The lowest BCUT2D eigenvalue weighted by molar-refractivity contribution is 0.0998. The van der Waals surface area contributed by atoms with Crippen LogP contribution in [0.1, 0.15) is 21.6 Å². The van der Waals surface area contributed by atoms with Gasteiger partial charge in [0.1, 0.15) is 5.01 Å². The largest absolute Gasteiger partial charge is 0.292 e. The molecule has 1 atom stereocenters. The van der Waals surface area contributed by atoms with Gasteiger partial charge in [-0.1, -0.05) is 34.7 Å². The van der Waals surface area contributed by atoms with E-state index in [2.05, 4.69) is 10.2 Å². The van der Waals surface area contributed by atoms with Gasteiger partial charge in [0, 0.05) is 0 Å². The molecule has 0 aliphatic heterocycles. The van der Waals surface area contributed by atoms with E-state index >= 15 is 0 Å². The first-order valence-corrected chi connectivity index (χ1v) is 7.71. The smallest absolute Gasteiger partial charge is 0.185 e. The summed E-state index contributed by atoms with van der Waals surface area (Å²) in [5.74, 6) is 0.0831. The van der Waals surface area contributed by atoms with Gasteiger partial charge in [-0.25, -0.2) is 0 Å². The van der Waals surface area contributed by atoms with Crippen LogP contribution in [0.3, 0.4) is 0 Å². The number of hydrogen-bond donors (Lipinski definition) is 0. The van der Waals surface area contributed by atoms with Crippen LogP contribution in [-0.2, 0) is 0 Å². The summed E-state index contributed by atoms with van der Waals surface area (Å²) in [5, 5.41) is 8.66. The van der Waals surface area contributed by atoms with Crippen LogP contribution in [0.25, 0.3) is 0 Å². The Labute approximate surface area is 116 Å². The molecule has 2 aromatic heterocycles. The Balaban J connectivity index is 2.05. The number of carbonyl (C=O) groups is 1. The van der Waals surface area contributed by atoms with Crippen LogP contribution in [0.15, 0.2) is 16.5 Å². The first-order chi connectivity index (χ1) is 8.06. The lowest BCUT2D eigenvalue weighted by Crippen LogP contribution is -2.11. The van der Waals surface area contributed by atoms with E-state index in [1.165, 1.54) is 34.4 Å². The van der Waals surface area contributed by atoms with E-state index in [0.717, 1.165) is 9.35 Å². The Morgan fingerprint density at radius 1 is 1.41 bits per heavy atom. The number of ketones is 1. The zero-order chi connectivity index (χ0) is 12.4. The highest BCUT2D eigenvalue weighted by atomic mass is 35.5. The molecule has 0 aliphatic rings. The molecular weight excluding hydrogens is 296 g/mol. The average Bonchev–Trinajstić information content (AvgIpc) is 2.87. The van der Waals surface area contributed by atoms with Crippen LogP contribution in [0, 0.1) is 6.92 Å². The maximum atomic E-state index is 12.1. The third-order valence-corrected chi connectivity index (χ3v) is 5.24. The maximum Gasteiger partial charge on any atom is 0.185 e. The van der Waals surface area contributed by atoms with Gasteiger partial charge < -0.3 is 0 Å². The van der Waals surface area contributed by atoms with Crippen molar-refractivity contribution in [1.82, 2.24) is 10.2 Å². The minimum Gasteiger partial charge on any atom is -0.292 e. The van der Waals surface area contributed by atoms with Crippen molar-refractivity contribution in [3.05, 3.63) is 26.4 Å². The van der Waals surface area contributed by atoms with Crippen molar-refractivity contribution in [2.24, 2.45) is 0 Å². The van der Waals surface area contributed by atoms with E-state index in [4.69, 9.17) is 11.6 Å². The van der Waals surface area contributed by atoms with Gasteiger partial charge in [-0.05, 0) is 26.0 Å². The standard InChI is InChI=1S/C10H9ClN2OS3/c1-5(15-10-13-12-6(2)16-10)9(14)7-3-4-8(11)17-7/h3-5H,1-2H3. The predicted molar refractivity (Wildman–Crippen MR) is 73.6 cm³/mol. The molecule has 2 heterocycles. The number of aryl methyl sites for hydroxylation is 1.